The highest BCUT2D eigenvalue weighted by Crippen LogP contribution is 2.36. The molecule has 0 aliphatic heterocycles. The van der Waals surface area contributed by atoms with Crippen molar-refractivity contribution in [1.82, 2.24) is 0 Å². The predicted molar refractivity (Wildman–Crippen MR) is 135 cm³/mol. The molecule has 0 heterocycles. The van der Waals surface area contributed by atoms with E-state index in [1.807, 2.05) is 31.2 Å². The van der Waals surface area contributed by atoms with Crippen LogP contribution in [0.25, 0.3) is 6.08 Å². The van der Waals surface area contributed by atoms with Gasteiger partial charge >= 0.3 is 0 Å². The SMILES string of the molecule is CCOc1cc(/C=C(\C#N)C(=O)Nc2ccc(Cl)cc2)c(Br)cc1OCc1ccccc1Cl. The summed E-state index contributed by atoms with van der Waals surface area (Å²) >= 11 is 15.6. The predicted octanol–water partition coefficient (Wildman–Crippen LogP) is 7.28. The molecular weight excluding hydrogens is 527 g/mol. The van der Waals surface area contributed by atoms with Crippen LogP contribution in [0.5, 0.6) is 11.5 Å². The molecule has 33 heavy (non-hydrogen) atoms. The Balaban J connectivity index is 1.85. The van der Waals surface area contributed by atoms with E-state index in [2.05, 4.69) is 21.2 Å². The average Bonchev–Trinajstić information content (AvgIpc) is 2.80. The molecule has 0 aliphatic carbocycles. The van der Waals surface area contributed by atoms with E-state index in [1.54, 1.807) is 42.5 Å². The maximum absolute atomic E-state index is 12.6. The van der Waals surface area contributed by atoms with Gasteiger partial charge in [0.15, 0.2) is 11.5 Å². The van der Waals surface area contributed by atoms with Gasteiger partial charge in [0.1, 0.15) is 18.2 Å². The van der Waals surface area contributed by atoms with Crippen LogP contribution >= 0.6 is 39.1 Å². The number of hydrogen-bond donors (Lipinski definition) is 1. The number of carbonyl (C=O) groups excluding carboxylic acids is 1. The second kappa shape index (κ2) is 11.8. The van der Waals surface area contributed by atoms with Gasteiger partial charge in [0.05, 0.1) is 6.61 Å². The smallest absolute Gasteiger partial charge is 0.266 e. The van der Waals surface area contributed by atoms with Gasteiger partial charge in [0, 0.05) is 25.8 Å². The van der Waals surface area contributed by atoms with Crippen LogP contribution in [0, 0.1) is 11.3 Å². The highest BCUT2D eigenvalue weighted by molar-refractivity contribution is 9.10. The highest BCUT2D eigenvalue weighted by Gasteiger charge is 2.15. The fraction of sp³-hybridized carbons (Fsp3) is 0.120. The van der Waals surface area contributed by atoms with Crippen molar-refractivity contribution in [1.29, 1.82) is 5.26 Å². The molecule has 0 aliphatic rings. The number of nitrogens with one attached hydrogen (secondary N) is 1. The van der Waals surface area contributed by atoms with Crippen LogP contribution in [-0.2, 0) is 11.4 Å². The van der Waals surface area contributed by atoms with Crippen LogP contribution in [0.3, 0.4) is 0 Å². The Kier molecular flexibility index (Phi) is 8.79. The van der Waals surface area contributed by atoms with E-state index in [1.165, 1.54) is 6.08 Å². The Labute approximate surface area is 210 Å². The van der Waals surface area contributed by atoms with Crippen LogP contribution < -0.4 is 14.8 Å². The first-order valence-corrected chi connectivity index (χ1v) is 11.5. The van der Waals surface area contributed by atoms with Crippen molar-refractivity contribution in [2.75, 3.05) is 11.9 Å². The molecule has 0 saturated heterocycles. The number of anilines is 1. The fourth-order valence-electron chi connectivity index (χ4n) is 2.85. The van der Waals surface area contributed by atoms with Crippen molar-refractivity contribution >= 4 is 56.8 Å². The van der Waals surface area contributed by atoms with Crippen molar-refractivity contribution in [3.05, 3.63) is 91.9 Å². The normalized spacial score (nSPS) is 10.9. The van der Waals surface area contributed by atoms with Crippen molar-refractivity contribution in [3.8, 4) is 17.6 Å². The summed E-state index contributed by atoms with van der Waals surface area (Å²) in [5.41, 5.74) is 1.89. The minimum absolute atomic E-state index is 0.0714. The third kappa shape index (κ3) is 6.75. The molecule has 0 radical (unpaired) electrons. The Morgan fingerprint density at radius 3 is 2.45 bits per heavy atom. The molecule has 168 valence electrons. The first-order valence-electron chi connectivity index (χ1n) is 9.92. The minimum atomic E-state index is -0.538. The number of rotatable bonds is 8. The zero-order valence-electron chi connectivity index (χ0n) is 17.6. The van der Waals surface area contributed by atoms with Gasteiger partial charge in [-0.05, 0) is 61.0 Å². The van der Waals surface area contributed by atoms with Gasteiger partial charge in [-0.2, -0.15) is 5.26 Å². The molecule has 3 aromatic rings. The highest BCUT2D eigenvalue weighted by atomic mass is 79.9. The number of halogens is 3. The van der Waals surface area contributed by atoms with Gasteiger partial charge in [-0.25, -0.2) is 0 Å². The lowest BCUT2D eigenvalue weighted by molar-refractivity contribution is -0.112. The van der Waals surface area contributed by atoms with E-state index in [-0.39, 0.29) is 12.2 Å². The number of carbonyl (C=O) groups is 1. The quantitative estimate of drug-likeness (QED) is 0.238. The van der Waals surface area contributed by atoms with E-state index in [0.717, 1.165) is 5.56 Å². The van der Waals surface area contributed by atoms with Crippen LogP contribution in [-0.4, -0.2) is 12.5 Å². The van der Waals surface area contributed by atoms with Gasteiger partial charge in [0.2, 0.25) is 0 Å². The Bertz CT molecular complexity index is 1220. The van der Waals surface area contributed by atoms with Crippen molar-refractivity contribution in [2.24, 2.45) is 0 Å². The van der Waals surface area contributed by atoms with E-state index in [9.17, 15) is 10.1 Å². The lowest BCUT2D eigenvalue weighted by atomic mass is 10.1. The van der Waals surface area contributed by atoms with Crippen molar-refractivity contribution < 1.29 is 14.3 Å². The van der Waals surface area contributed by atoms with Crippen LogP contribution in [0.15, 0.2) is 70.7 Å². The summed E-state index contributed by atoms with van der Waals surface area (Å²) in [7, 11) is 0. The minimum Gasteiger partial charge on any atom is -0.490 e. The van der Waals surface area contributed by atoms with Gasteiger partial charge in [-0.15, -0.1) is 0 Å². The summed E-state index contributed by atoms with van der Waals surface area (Å²) in [5, 5.41) is 13.4. The van der Waals surface area contributed by atoms with Crippen LogP contribution in [0.4, 0.5) is 5.69 Å². The number of ether oxygens (including phenoxy) is 2. The maximum Gasteiger partial charge on any atom is 0.266 e. The van der Waals surface area contributed by atoms with Gasteiger partial charge in [-0.3, -0.25) is 4.79 Å². The Morgan fingerprint density at radius 1 is 1.09 bits per heavy atom. The summed E-state index contributed by atoms with van der Waals surface area (Å²) < 4.78 is 12.3. The van der Waals surface area contributed by atoms with E-state index >= 15 is 0 Å². The maximum atomic E-state index is 12.6. The largest absolute Gasteiger partial charge is 0.490 e. The lowest BCUT2D eigenvalue weighted by Crippen LogP contribution is -2.13. The summed E-state index contributed by atoms with van der Waals surface area (Å²) in [4.78, 5) is 12.6. The third-order valence-corrected chi connectivity index (χ3v) is 5.78. The third-order valence-electron chi connectivity index (χ3n) is 4.47. The molecule has 1 N–H and O–H groups in total. The summed E-state index contributed by atoms with van der Waals surface area (Å²) in [5.74, 6) is 0.447. The van der Waals surface area contributed by atoms with E-state index in [0.29, 0.717) is 43.9 Å². The topological polar surface area (TPSA) is 71.3 Å². The molecule has 0 aromatic heterocycles. The zero-order valence-corrected chi connectivity index (χ0v) is 20.7. The summed E-state index contributed by atoms with van der Waals surface area (Å²) in [6.07, 6.45) is 1.48. The Hall–Kier alpha value is -2.98. The monoisotopic (exact) mass is 544 g/mol. The van der Waals surface area contributed by atoms with E-state index in [4.69, 9.17) is 32.7 Å². The van der Waals surface area contributed by atoms with Crippen LogP contribution in [0.2, 0.25) is 10.0 Å². The molecule has 1 amide bonds. The standard InChI is InChI=1S/C25H19BrCl2N2O3/c1-2-32-23-12-17(11-18(14-29)25(31)30-20-9-7-19(27)8-10-20)21(26)13-24(23)33-15-16-5-3-4-6-22(16)28/h3-13H,2,15H2,1H3,(H,30,31)/b18-11+. The molecule has 0 unspecified atom stereocenters. The number of nitriles is 1. The van der Waals surface area contributed by atoms with Gasteiger partial charge in [0.25, 0.3) is 5.91 Å². The average molecular weight is 546 g/mol. The first-order chi connectivity index (χ1) is 15.9. The van der Waals surface area contributed by atoms with Gasteiger partial charge in [-0.1, -0.05) is 57.3 Å². The van der Waals surface area contributed by atoms with Crippen LogP contribution in [0.1, 0.15) is 18.1 Å². The second-order valence-electron chi connectivity index (χ2n) is 6.76. The molecule has 0 bridgehead atoms. The molecule has 5 nitrogen and oxygen atoms in total. The molecule has 0 atom stereocenters. The molecule has 3 aromatic carbocycles. The van der Waals surface area contributed by atoms with E-state index < -0.39 is 5.91 Å². The summed E-state index contributed by atoms with van der Waals surface area (Å²) in [6, 6.07) is 19.4. The molecule has 3 rings (SSSR count). The lowest BCUT2D eigenvalue weighted by Gasteiger charge is -2.15. The van der Waals surface area contributed by atoms with Gasteiger partial charge < -0.3 is 14.8 Å². The Morgan fingerprint density at radius 2 is 1.79 bits per heavy atom. The molecule has 0 spiro atoms. The number of hydrogen-bond acceptors (Lipinski definition) is 4. The first kappa shape index (κ1) is 24.7. The number of amides is 1. The van der Waals surface area contributed by atoms with Crippen molar-refractivity contribution in [2.45, 2.75) is 13.5 Å². The number of benzene rings is 3. The zero-order chi connectivity index (χ0) is 23.8. The molecular formula is C25H19BrCl2N2O3. The summed E-state index contributed by atoms with van der Waals surface area (Å²) in [6.45, 7) is 2.53. The fourth-order valence-corrected chi connectivity index (χ4v) is 3.60. The molecule has 0 fully saturated rings. The number of nitrogens with zero attached hydrogens (tertiary/aromatic N) is 1. The second-order valence-corrected chi connectivity index (χ2v) is 8.46. The molecule has 8 heteroatoms. The molecule has 0 saturated carbocycles. The van der Waals surface area contributed by atoms with Crippen molar-refractivity contribution in [3.63, 3.8) is 0 Å².